The summed E-state index contributed by atoms with van der Waals surface area (Å²) in [6, 6.07) is 14.3. The third kappa shape index (κ3) is 2.94. The summed E-state index contributed by atoms with van der Waals surface area (Å²) in [5.74, 6) is 0.862. The van der Waals surface area contributed by atoms with E-state index < -0.39 is 0 Å². The maximum Gasteiger partial charge on any atom is 0.119 e. The fourth-order valence-electron chi connectivity index (χ4n) is 2.28. The Morgan fingerprint density at radius 1 is 1.05 bits per heavy atom. The molecule has 0 aliphatic carbocycles. The van der Waals surface area contributed by atoms with Gasteiger partial charge in [0.1, 0.15) is 5.75 Å². The van der Waals surface area contributed by atoms with Crippen molar-refractivity contribution in [1.29, 1.82) is 0 Å². The first-order valence-corrected chi connectivity index (χ1v) is 6.70. The normalized spacial score (nSPS) is 12.1. The highest BCUT2D eigenvalue weighted by atomic mass is 16.5. The number of benzene rings is 2. The van der Waals surface area contributed by atoms with Crippen LogP contribution in [0.25, 0.3) is 0 Å². The number of nitrogens with zero attached hydrogens (tertiary/aromatic N) is 1. The summed E-state index contributed by atoms with van der Waals surface area (Å²) in [5, 5.41) is 0. The molecule has 3 nitrogen and oxygen atoms in total. The van der Waals surface area contributed by atoms with Gasteiger partial charge in [-0.1, -0.05) is 18.2 Å². The van der Waals surface area contributed by atoms with Crippen LogP contribution in [-0.4, -0.2) is 21.2 Å². The molecule has 0 saturated carbocycles. The van der Waals surface area contributed by atoms with Crippen molar-refractivity contribution in [3.05, 3.63) is 59.2 Å². The predicted molar refractivity (Wildman–Crippen MR) is 84.5 cm³/mol. The SMILES string of the molecule is COc1ccc(C(N)c2ccc(N(C)C)cc2)c(C)c1. The van der Waals surface area contributed by atoms with E-state index in [2.05, 4.69) is 36.1 Å². The lowest BCUT2D eigenvalue weighted by molar-refractivity contribution is 0.414. The van der Waals surface area contributed by atoms with Gasteiger partial charge in [0, 0.05) is 19.8 Å². The molecule has 0 spiro atoms. The molecule has 0 aromatic heterocycles. The Morgan fingerprint density at radius 3 is 2.20 bits per heavy atom. The molecular formula is C17H22N2O. The Labute approximate surface area is 121 Å². The van der Waals surface area contributed by atoms with Crippen molar-refractivity contribution in [3.63, 3.8) is 0 Å². The van der Waals surface area contributed by atoms with Gasteiger partial charge in [0.25, 0.3) is 0 Å². The van der Waals surface area contributed by atoms with Gasteiger partial charge in [-0.15, -0.1) is 0 Å². The van der Waals surface area contributed by atoms with Crippen LogP contribution in [-0.2, 0) is 0 Å². The van der Waals surface area contributed by atoms with Gasteiger partial charge in [0.2, 0.25) is 0 Å². The molecule has 0 radical (unpaired) electrons. The van der Waals surface area contributed by atoms with Gasteiger partial charge in [-0.3, -0.25) is 0 Å². The maximum atomic E-state index is 6.38. The zero-order valence-corrected chi connectivity index (χ0v) is 12.6. The number of aryl methyl sites for hydroxylation is 1. The summed E-state index contributed by atoms with van der Waals surface area (Å²) >= 11 is 0. The average Bonchev–Trinajstić information content (AvgIpc) is 2.46. The molecule has 2 aromatic carbocycles. The zero-order chi connectivity index (χ0) is 14.7. The van der Waals surface area contributed by atoms with Crippen LogP contribution in [0, 0.1) is 6.92 Å². The highest BCUT2D eigenvalue weighted by Gasteiger charge is 2.12. The lowest BCUT2D eigenvalue weighted by Gasteiger charge is -2.18. The van der Waals surface area contributed by atoms with Crippen molar-refractivity contribution >= 4 is 5.69 Å². The molecule has 2 aromatic rings. The van der Waals surface area contributed by atoms with E-state index in [-0.39, 0.29) is 6.04 Å². The van der Waals surface area contributed by atoms with E-state index in [0.29, 0.717) is 0 Å². The summed E-state index contributed by atoms with van der Waals surface area (Å²) in [5.41, 5.74) is 10.9. The van der Waals surface area contributed by atoms with E-state index in [0.717, 1.165) is 22.4 Å². The van der Waals surface area contributed by atoms with Crippen molar-refractivity contribution in [1.82, 2.24) is 0 Å². The zero-order valence-electron chi connectivity index (χ0n) is 12.6. The largest absolute Gasteiger partial charge is 0.497 e. The number of anilines is 1. The van der Waals surface area contributed by atoms with E-state index in [1.807, 2.05) is 32.3 Å². The minimum Gasteiger partial charge on any atom is -0.497 e. The van der Waals surface area contributed by atoms with Crippen molar-refractivity contribution in [2.24, 2.45) is 5.73 Å². The van der Waals surface area contributed by atoms with E-state index in [1.54, 1.807) is 7.11 Å². The van der Waals surface area contributed by atoms with Crippen LogP contribution in [0.4, 0.5) is 5.69 Å². The Hall–Kier alpha value is -2.00. The number of hydrogen-bond donors (Lipinski definition) is 1. The molecule has 20 heavy (non-hydrogen) atoms. The number of nitrogens with two attached hydrogens (primary N) is 1. The Bertz CT molecular complexity index is 576. The molecule has 0 heterocycles. The molecule has 0 amide bonds. The van der Waals surface area contributed by atoms with E-state index in [9.17, 15) is 0 Å². The highest BCUT2D eigenvalue weighted by molar-refractivity contribution is 5.48. The Kier molecular flexibility index (Phi) is 4.30. The summed E-state index contributed by atoms with van der Waals surface area (Å²) < 4.78 is 5.23. The number of ether oxygens (including phenoxy) is 1. The van der Waals surface area contributed by atoms with E-state index in [1.165, 1.54) is 5.69 Å². The summed E-state index contributed by atoms with van der Waals surface area (Å²) in [4.78, 5) is 2.08. The predicted octanol–water partition coefficient (Wildman–Crippen LogP) is 3.12. The molecular weight excluding hydrogens is 248 g/mol. The van der Waals surface area contributed by atoms with Crippen molar-refractivity contribution in [3.8, 4) is 5.75 Å². The molecule has 3 heteroatoms. The molecule has 2 rings (SSSR count). The molecule has 2 N–H and O–H groups in total. The van der Waals surface area contributed by atoms with Crippen LogP contribution in [0.1, 0.15) is 22.7 Å². The van der Waals surface area contributed by atoms with Gasteiger partial charge in [-0.05, 0) is 47.9 Å². The van der Waals surface area contributed by atoms with E-state index >= 15 is 0 Å². The Morgan fingerprint density at radius 2 is 1.70 bits per heavy atom. The molecule has 0 aliphatic rings. The molecule has 0 aliphatic heterocycles. The molecule has 1 unspecified atom stereocenters. The lowest BCUT2D eigenvalue weighted by atomic mass is 9.95. The third-order valence-corrected chi connectivity index (χ3v) is 3.58. The van der Waals surface area contributed by atoms with Crippen LogP contribution >= 0.6 is 0 Å². The van der Waals surface area contributed by atoms with Crippen LogP contribution in [0.5, 0.6) is 5.75 Å². The monoisotopic (exact) mass is 270 g/mol. The van der Waals surface area contributed by atoms with E-state index in [4.69, 9.17) is 10.5 Å². The summed E-state index contributed by atoms with van der Waals surface area (Å²) in [7, 11) is 5.74. The van der Waals surface area contributed by atoms with Gasteiger partial charge < -0.3 is 15.4 Å². The molecule has 0 saturated heterocycles. The topological polar surface area (TPSA) is 38.5 Å². The molecule has 0 bridgehead atoms. The molecule has 106 valence electrons. The first kappa shape index (κ1) is 14.4. The van der Waals surface area contributed by atoms with Crippen LogP contribution < -0.4 is 15.4 Å². The lowest BCUT2D eigenvalue weighted by Crippen LogP contribution is -2.14. The van der Waals surface area contributed by atoms with Crippen LogP contribution in [0.3, 0.4) is 0 Å². The molecule has 0 fully saturated rings. The fourth-order valence-corrected chi connectivity index (χ4v) is 2.28. The van der Waals surface area contributed by atoms with Gasteiger partial charge in [0.05, 0.1) is 13.2 Å². The van der Waals surface area contributed by atoms with Gasteiger partial charge in [-0.2, -0.15) is 0 Å². The number of methoxy groups -OCH3 is 1. The minimum absolute atomic E-state index is 0.114. The van der Waals surface area contributed by atoms with Crippen molar-refractivity contribution < 1.29 is 4.74 Å². The standard InChI is InChI=1S/C17H22N2O/c1-12-11-15(20-4)9-10-16(12)17(18)13-5-7-14(8-6-13)19(2)3/h5-11,17H,18H2,1-4H3. The smallest absolute Gasteiger partial charge is 0.119 e. The van der Waals surface area contributed by atoms with Crippen molar-refractivity contribution in [2.75, 3.05) is 26.1 Å². The number of rotatable bonds is 4. The highest BCUT2D eigenvalue weighted by Crippen LogP contribution is 2.26. The quantitative estimate of drug-likeness (QED) is 0.927. The number of hydrogen-bond acceptors (Lipinski definition) is 3. The van der Waals surface area contributed by atoms with Gasteiger partial charge in [0.15, 0.2) is 0 Å². The van der Waals surface area contributed by atoms with Crippen LogP contribution in [0.2, 0.25) is 0 Å². The van der Waals surface area contributed by atoms with Crippen LogP contribution in [0.15, 0.2) is 42.5 Å². The fraction of sp³-hybridized carbons (Fsp3) is 0.294. The summed E-state index contributed by atoms with van der Waals surface area (Å²) in [6.07, 6.45) is 0. The second-order valence-corrected chi connectivity index (χ2v) is 5.19. The Balaban J connectivity index is 2.28. The van der Waals surface area contributed by atoms with Gasteiger partial charge >= 0.3 is 0 Å². The maximum absolute atomic E-state index is 6.38. The first-order chi connectivity index (χ1) is 9.52. The second kappa shape index (κ2) is 5.97. The third-order valence-electron chi connectivity index (χ3n) is 3.58. The average molecular weight is 270 g/mol. The molecule has 1 atom stereocenters. The van der Waals surface area contributed by atoms with Crippen molar-refractivity contribution in [2.45, 2.75) is 13.0 Å². The second-order valence-electron chi connectivity index (χ2n) is 5.19. The minimum atomic E-state index is -0.114. The first-order valence-electron chi connectivity index (χ1n) is 6.70. The van der Waals surface area contributed by atoms with Gasteiger partial charge in [-0.25, -0.2) is 0 Å². The summed E-state index contributed by atoms with van der Waals surface area (Å²) in [6.45, 7) is 2.06.